The minimum absolute atomic E-state index is 0.110. The molecular formula is C9H17NO3. The van der Waals surface area contributed by atoms with Crippen LogP contribution >= 0.6 is 0 Å². The standard InChI is InChI=1S/C9H17NO3/c1-3-6(5-11)7(4-2)8(10)9(12)13/h8,11H,3-5,10H2,1-2H3,(H,12,13)/b7-6-. The lowest BCUT2D eigenvalue weighted by atomic mass is 9.97. The van der Waals surface area contributed by atoms with Gasteiger partial charge in [0, 0.05) is 0 Å². The third-order valence-electron chi connectivity index (χ3n) is 2.09. The summed E-state index contributed by atoms with van der Waals surface area (Å²) in [5.41, 5.74) is 6.83. The number of aliphatic hydroxyl groups excluding tert-OH is 1. The molecule has 4 N–H and O–H groups in total. The normalized spacial score (nSPS) is 15.1. The van der Waals surface area contributed by atoms with Crippen molar-refractivity contribution in [1.82, 2.24) is 0 Å². The summed E-state index contributed by atoms with van der Waals surface area (Å²) in [6.45, 7) is 3.60. The van der Waals surface area contributed by atoms with Gasteiger partial charge in [-0.2, -0.15) is 0 Å². The van der Waals surface area contributed by atoms with Crippen molar-refractivity contribution in [3.63, 3.8) is 0 Å². The van der Waals surface area contributed by atoms with E-state index in [0.29, 0.717) is 18.4 Å². The van der Waals surface area contributed by atoms with Crippen LogP contribution in [0.3, 0.4) is 0 Å². The Labute approximate surface area is 78.1 Å². The summed E-state index contributed by atoms with van der Waals surface area (Å²) in [6.07, 6.45) is 1.21. The number of carboxylic acid groups (broad SMARTS) is 1. The van der Waals surface area contributed by atoms with Crippen LogP contribution in [0.4, 0.5) is 0 Å². The molecule has 4 nitrogen and oxygen atoms in total. The molecule has 0 rings (SSSR count). The fraction of sp³-hybridized carbons (Fsp3) is 0.667. The Balaban J connectivity index is 4.83. The number of rotatable bonds is 5. The van der Waals surface area contributed by atoms with Crippen LogP contribution in [0.15, 0.2) is 11.1 Å². The Hall–Kier alpha value is -0.870. The van der Waals surface area contributed by atoms with Gasteiger partial charge in [-0.15, -0.1) is 0 Å². The Morgan fingerprint density at radius 2 is 1.92 bits per heavy atom. The maximum absolute atomic E-state index is 10.6. The average molecular weight is 187 g/mol. The molecule has 0 heterocycles. The van der Waals surface area contributed by atoms with Crippen LogP contribution in [0.1, 0.15) is 26.7 Å². The van der Waals surface area contributed by atoms with E-state index in [-0.39, 0.29) is 6.61 Å². The lowest BCUT2D eigenvalue weighted by molar-refractivity contribution is -0.137. The molecule has 0 aliphatic rings. The van der Waals surface area contributed by atoms with Crippen molar-refractivity contribution in [2.24, 2.45) is 5.73 Å². The van der Waals surface area contributed by atoms with E-state index in [4.69, 9.17) is 15.9 Å². The highest BCUT2D eigenvalue weighted by atomic mass is 16.4. The van der Waals surface area contributed by atoms with Crippen LogP contribution in [0.25, 0.3) is 0 Å². The first-order valence-corrected chi connectivity index (χ1v) is 4.38. The van der Waals surface area contributed by atoms with E-state index in [2.05, 4.69) is 0 Å². The molecule has 0 fully saturated rings. The molecule has 0 aromatic carbocycles. The Bertz CT molecular complexity index is 205. The largest absolute Gasteiger partial charge is 0.480 e. The third-order valence-corrected chi connectivity index (χ3v) is 2.09. The molecule has 13 heavy (non-hydrogen) atoms. The summed E-state index contributed by atoms with van der Waals surface area (Å²) < 4.78 is 0. The highest BCUT2D eigenvalue weighted by molar-refractivity contribution is 5.77. The molecule has 0 aliphatic heterocycles. The molecule has 0 bridgehead atoms. The quantitative estimate of drug-likeness (QED) is 0.547. The molecule has 0 aromatic heterocycles. The van der Waals surface area contributed by atoms with E-state index in [1.807, 2.05) is 13.8 Å². The second-order valence-electron chi connectivity index (χ2n) is 2.81. The van der Waals surface area contributed by atoms with Crippen LogP contribution in [0.2, 0.25) is 0 Å². The molecule has 1 unspecified atom stereocenters. The molecular weight excluding hydrogens is 170 g/mol. The van der Waals surface area contributed by atoms with Crippen LogP contribution in [-0.2, 0) is 4.79 Å². The average Bonchev–Trinajstić information content (AvgIpc) is 2.12. The zero-order chi connectivity index (χ0) is 10.4. The van der Waals surface area contributed by atoms with Crippen LogP contribution < -0.4 is 5.73 Å². The molecule has 4 heteroatoms. The molecule has 0 aromatic rings. The van der Waals surface area contributed by atoms with Gasteiger partial charge in [0.05, 0.1) is 6.61 Å². The van der Waals surface area contributed by atoms with E-state index in [1.54, 1.807) is 0 Å². The fourth-order valence-electron chi connectivity index (χ4n) is 1.28. The molecule has 0 amide bonds. The Kier molecular flexibility index (Phi) is 5.34. The van der Waals surface area contributed by atoms with Gasteiger partial charge in [-0.05, 0) is 24.0 Å². The van der Waals surface area contributed by atoms with Crippen LogP contribution in [0.5, 0.6) is 0 Å². The molecule has 0 saturated carbocycles. The lowest BCUT2D eigenvalue weighted by Crippen LogP contribution is -2.33. The highest BCUT2D eigenvalue weighted by Crippen LogP contribution is 2.14. The van der Waals surface area contributed by atoms with Gasteiger partial charge in [0.25, 0.3) is 0 Å². The first-order chi connectivity index (χ1) is 6.08. The van der Waals surface area contributed by atoms with Crippen molar-refractivity contribution in [2.45, 2.75) is 32.7 Å². The van der Waals surface area contributed by atoms with E-state index < -0.39 is 12.0 Å². The van der Waals surface area contributed by atoms with E-state index in [0.717, 1.165) is 5.57 Å². The molecule has 0 saturated heterocycles. The summed E-state index contributed by atoms with van der Waals surface area (Å²) in [5, 5.41) is 17.6. The number of aliphatic hydroxyl groups is 1. The van der Waals surface area contributed by atoms with Crippen LogP contribution in [0, 0.1) is 0 Å². The van der Waals surface area contributed by atoms with Crippen molar-refractivity contribution in [1.29, 1.82) is 0 Å². The second kappa shape index (κ2) is 5.72. The van der Waals surface area contributed by atoms with Gasteiger partial charge >= 0.3 is 5.97 Å². The van der Waals surface area contributed by atoms with Gasteiger partial charge in [-0.25, -0.2) is 0 Å². The minimum atomic E-state index is -1.05. The summed E-state index contributed by atoms with van der Waals surface area (Å²) in [7, 11) is 0. The number of nitrogens with two attached hydrogens (primary N) is 1. The first kappa shape index (κ1) is 12.1. The Morgan fingerprint density at radius 1 is 1.38 bits per heavy atom. The summed E-state index contributed by atoms with van der Waals surface area (Å²) in [4.78, 5) is 10.6. The molecule has 0 aliphatic carbocycles. The minimum Gasteiger partial charge on any atom is -0.480 e. The van der Waals surface area contributed by atoms with E-state index in [1.165, 1.54) is 0 Å². The Morgan fingerprint density at radius 3 is 2.15 bits per heavy atom. The number of aliphatic carboxylic acids is 1. The number of hydrogen-bond donors (Lipinski definition) is 3. The SMILES string of the molecule is CC/C(CO)=C(\CC)C(N)C(=O)O. The van der Waals surface area contributed by atoms with Gasteiger partial charge in [-0.1, -0.05) is 13.8 Å². The van der Waals surface area contributed by atoms with E-state index in [9.17, 15) is 4.79 Å². The van der Waals surface area contributed by atoms with Crippen molar-refractivity contribution in [3.8, 4) is 0 Å². The molecule has 76 valence electrons. The van der Waals surface area contributed by atoms with Crippen molar-refractivity contribution in [3.05, 3.63) is 11.1 Å². The van der Waals surface area contributed by atoms with Gasteiger partial charge in [0.2, 0.25) is 0 Å². The van der Waals surface area contributed by atoms with Crippen molar-refractivity contribution < 1.29 is 15.0 Å². The number of carbonyl (C=O) groups is 1. The number of carboxylic acids is 1. The molecule has 0 radical (unpaired) electrons. The predicted molar refractivity (Wildman–Crippen MR) is 50.3 cm³/mol. The van der Waals surface area contributed by atoms with Gasteiger partial charge in [-0.3, -0.25) is 4.79 Å². The first-order valence-electron chi connectivity index (χ1n) is 4.38. The summed E-state index contributed by atoms with van der Waals surface area (Å²) in [5.74, 6) is -1.05. The summed E-state index contributed by atoms with van der Waals surface area (Å²) >= 11 is 0. The second-order valence-corrected chi connectivity index (χ2v) is 2.81. The van der Waals surface area contributed by atoms with Crippen molar-refractivity contribution >= 4 is 5.97 Å². The van der Waals surface area contributed by atoms with Crippen molar-refractivity contribution in [2.75, 3.05) is 6.61 Å². The monoisotopic (exact) mass is 187 g/mol. The fourth-order valence-corrected chi connectivity index (χ4v) is 1.28. The predicted octanol–water partition coefficient (Wildman–Crippen LogP) is 0.507. The number of hydrogen-bond acceptors (Lipinski definition) is 3. The van der Waals surface area contributed by atoms with E-state index >= 15 is 0 Å². The van der Waals surface area contributed by atoms with Gasteiger partial charge in [0.15, 0.2) is 0 Å². The van der Waals surface area contributed by atoms with Crippen LogP contribution in [-0.4, -0.2) is 28.8 Å². The smallest absolute Gasteiger partial charge is 0.324 e. The summed E-state index contributed by atoms with van der Waals surface area (Å²) in [6, 6.07) is -0.980. The highest BCUT2D eigenvalue weighted by Gasteiger charge is 2.18. The van der Waals surface area contributed by atoms with Gasteiger partial charge < -0.3 is 15.9 Å². The topological polar surface area (TPSA) is 83.5 Å². The molecule has 0 spiro atoms. The molecule has 1 atom stereocenters. The van der Waals surface area contributed by atoms with Gasteiger partial charge in [0.1, 0.15) is 6.04 Å². The maximum atomic E-state index is 10.6. The third kappa shape index (κ3) is 3.16. The zero-order valence-electron chi connectivity index (χ0n) is 8.08. The lowest BCUT2D eigenvalue weighted by Gasteiger charge is -2.14. The maximum Gasteiger partial charge on any atom is 0.324 e. The zero-order valence-corrected chi connectivity index (χ0v) is 8.08.